The summed E-state index contributed by atoms with van der Waals surface area (Å²) in [6.07, 6.45) is 7.57. The zero-order valence-electron chi connectivity index (χ0n) is 12.0. The molecule has 1 aromatic rings. The molecule has 0 unspecified atom stereocenters. The third-order valence-corrected chi connectivity index (χ3v) is 4.39. The highest BCUT2D eigenvalue weighted by atomic mass is 16.5. The van der Waals surface area contributed by atoms with Crippen LogP contribution in [-0.2, 0) is 17.6 Å². The Morgan fingerprint density at radius 2 is 2.15 bits per heavy atom. The van der Waals surface area contributed by atoms with Gasteiger partial charge in [-0.2, -0.15) is 0 Å². The van der Waals surface area contributed by atoms with E-state index in [9.17, 15) is 4.79 Å². The molecule has 0 bridgehead atoms. The van der Waals surface area contributed by atoms with E-state index < -0.39 is 0 Å². The molecule has 0 amide bonds. The van der Waals surface area contributed by atoms with Gasteiger partial charge in [0.25, 0.3) is 0 Å². The molecule has 0 saturated heterocycles. The van der Waals surface area contributed by atoms with E-state index in [4.69, 9.17) is 4.74 Å². The molecule has 0 atom stereocenters. The zero-order valence-corrected chi connectivity index (χ0v) is 12.0. The second-order valence-electron chi connectivity index (χ2n) is 5.94. The molecule has 2 aliphatic rings. The van der Waals surface area contributed by atoms with Gasteiger partial charge in [-0.25, -0.2) is 0 Å². The molecule has 1 N–H and O–H groups in total. The van der Waals surface area contributed by atoms with Crippen molar-refractivity contribution >= 4 is 5.78 Å². The Morgan fingerprint density at radius 3 is 3.00 bits per heavy atom. The van der Waals surface area contributed by atoms with Gasteiger partial charge >= 0.3 is 0 Å². The minimum atomic E-state index is 0.327. The van der Waals surface area contributed by atoms with E-state index in [2.05, 4.69) is 17.4 Å². The highest BCUT2D eigenvalue weighted by molar-refractivity contribution is 5.80. The summed E-state index contributed by atoms with van der Waals surface area (Å²) < 4.78 is 5.50. The summed E-state index contributed by atoms with van der Waals surface area (Å²) in [6.45, 7) is 1.34. The number of ketones is 1. The van der Waals surface area contributed by atoms with E-state index in [-0.39, 0.29) is 0 Å². The second-order valence-corrected chi connectivity index (χ2v) is 5.94. The summed E-state index contributed by atoms with van der Waals surface area (Å²) in [5, 5.41) is 3.39. The fraction of sp³-hybridized carbons (Fsp3) is 0.588. The maximum atomic E-state index is 11.9. The first-order valence-corrected chi connectivity index (χ1v) is 7.81. The van der Waals surface area contributed by atoms with Crippen LogP contribution < -0.4 is 10.1 Å². The van der Waals surface area contributed by atoms with Crippen LogP contribution in [0.2, 0.25) is 0 Å². The Hall–Kier alpha value is -1.35. The number of nitrogens with one attached hydrogen (secondary N) is 1. The first-order chi connectivity index (χ1) is 9.81. The van der Waals surface area contributed by atoms with E-state index in [0.29, 0.717) is 24.8 Å². The molecule has 0 radical (unpaired) electrons. The van der Waals surface area contributed by atoms with Crippen molar-refractivity contribution in [3.63, 3.8) is 0 Å². The first kappa shape index (κ1) is 13.6. The number of hydrogen-bond donors (Lipinski definition) is 1. The minimum Gasteiger partial charge on any atom is -0.493 e. The molecule has 1 fully saturated rings. The van der Waals surface area contributed by atoms with Crippen molar-refractivity contribution in [2.75, 3.05) is 13.2 Å². The maximum Gasteiger partial charge on any atom is 0.146 e. The van der Waals surface area contributed by atoms with E-state index in [0.717, 1.165) is 25.2 Å². The summed E-state index contributed by atoms with van der Waals surface area (Å²) in [5.74, 6) is 1.34. The topological polar surface area (TPSA) is 38.3 Å². The van der Waals surface area contributed by atoms with Gasteiger partial charge in [0.15, 0.2) is 0 Å². The molecule has 1 heterocycles. The minimum absolute atomic E-state index is 0.327. The molecule has 1 aliphatic heterocycles. The van der Waals surface area contributed by atoms with Gasteiger partial charge in [-0.15, -0.1) is 0 Å². The van der Waals surface area contributed by atoms with Crippen LogP contribution >= 0.6 is 0 Å². The number of rotatable bonds is 6. The lowest BCUT2D eigenvalue weighted by Gasteiger charge is -2.10. The van der Waals surface area contributed by atoms with Crippen molar-refractivity contribution in [2.24, 2.45) is 0 Å². The highest BCUT2D eigenvalue weighted by Crippen LogP contribution is 2.26. The van der Waals surface area contributed by atoms with Crippen LogP contribution in [0, 0.1) is 0 Å². The van der Waals surface area contributed by atoms with Crippen molar-refractivity contribution in [2.45, 2.75) is 51.0 Å². The smallest absolute Gasteiger partial charge is 0.146 e. The predicted octanol–water partition coefficient (Wildman–Crippen LogP) is 2.66. The lowest BCUT2D eigenvalue weighted by molar-refractivity contribution is -0.118. The highest BCUT2D eigenvalue weighted by Gasteiger charge is 2.16. The number of Topliss-reactive ketones (excluding diaryl/α,β-unsaturated/α-hetero) is 1. The van der Waals surface area contributed by atoms with Crippen LogP contribution in [0.15, 0.2) is 18.2 Å². The van der Waals surface area contributed by atoms with E-state index in [1.165, 1.54) is 36.8 Å². The lowest BCUT2D eigenvalue weighted by Crippen LogP contribution is -2.31. The molecule has 0 aromatic heterocycles. The monoisotopic (exact) mass is 273 g/mol. The number of ether oxygens (including phenoxy) is 1. The number of carbonyl (C=O) groups is 1. The van der Waals surface area contributed by atoms with Gasteiger partial charge in [-0.05, 0) is 36.5 Å². The fourth-order valence-electron chi connectivity index (χ4n) is 3.16. The Bertz CT molecular complexity index is 478. The molecule has 1 aromatic carbocycles. The van der Waals surface area contributed by atoms with Gasteiger partial charge in [0.2, 0.25) is 0 Å². The van der Waals surface area contributed by atoms with Gasteiger partial charge in [0, 0.05) is 18.9 Å². The molecular weight excluding hydrogens is 250 g/mol. The van der Waals surface area contributed by atoms with Crippen molar-refractivity contribution in [3.05, 3.63) is 29.3 Å². The van der Waals surface area contributed by atoms with Crippen LogP contribution in [0.25, 0.3) is 0 Å². The third-order valence-electron chi connectivity index (χ3n) is 4.39. The molecule has 3 rings (SSSR count). The standard InChI is InChI=1S/C17H23NO2/c19-16(12-18-15-3-1-2-4-15)7-5-13-6-8-17-14(11-13)9-10-20-17/h6,8,11,15,18H,1-5,7,9-10,12H2. The van der Waals surface area contributed by atoms with Gasteiger partial charge in [-0.1, -0.05) is 25.0 Å². The summed E-state index contributed by atoms with van der Waals surface area (Å²) in [4.78, 5) is 11.9. The van der Waals surface area contributed by atoms with Crippen LogP contribution in [-0.4, -0.2) is 25.0 Å². The molecular formula is C17H23NO2. The molecule has 3 nitrogen and oxygen atoms in total. The van der Waals surface area contributed by atoms with E-state index in [1.54, 1.807) is 0 Å². The average Bonchev–Trinajstić information content (AvgIpc) is 3.13. The number of fused-ring (bicyclic) bond motifs is 1. The summed E-state index contributed by atoms with van der Waals surface area (Å²) in [5.41, 5.74) is 2.54. The molecule has 3 heteroatoms. The van der Waals surface area contributed by atoms with E-state index in [1.807, 2.05) is 6.07 Å². The van der Waals surface area contributed by atoms with Crippen molar-refractivity contribution in [1.29, 1.82) is 0 Å². The number of carbonyl (C=O) groups excluding carboxylic acids is 1. The Kier molecular flexibility index (Phi) is 4.36. The molecule has 20 heavy (non-hydrogen) atoms. The van der Waals surface area contributed by atoms with Crippen LogP contribution in [0.1, 0.15) is 43.2 Å². The number of hydrogen-bond acceptors (Lipinski definition) is 3. The molecule has 1 saturated carbocycles. The van der Waals surface area contributed by atoms with Crippen molar-refractivity contribution in [1.82, 2.24) is 5.32 Å². The first-order valence-electron chi connectivity index (χ1n) is 7.81. The van der Waals surface area contributed by atoms with Crippen molar-refractivity contribution in [3.8, 4) is 5.75 Å². The van der Waals surface area contributed by atoms with Gasteiger partial charge in [-0.3, -0.25) is 4.79 Å². The van der Waals surface area contributed by atoms with Crippen LogP contribution in [0.5, 0.6) is 5.75 Å². The fourth-order valence-corrected chi connectivity index (χ4v) is 3.16. The largest absolute Gasteiger partial charge is 0.493 e. The Balaban J connectivity index is 1.43. The second kappa shape index (κ2) is 6.40. The molecule has 108 valence electrons. The Morgan fingerprint density at radius 1 is 1.30 bits per heavy atom. The lowest BCUT2D eigenvalue weighted by atomic mass is 10.0. The molecule has 1 aliphatic carbocycles. The SMILES string of the molecule is O=C(CCc1ccc2c(c1)CCO2)CNC1CCCC1. The summed E-state index contributed by atoms with van der Waals surface area (Å²) >= 11 is 0. The zero-order chi connectivity index (χ0) is 13.8. The van der Waals surface area contributed by atoms with Crippen molar-refractivity contribution < 1.29 is 9.53 Å². The molecule has 0 spiro atoms. The number of benzene rings is 1. The Labute approximate surface area is 120 Å². The van der Waals surface area contributed by atoms with Gasteiger partial charge < -0.3 is 10.1 Å². The third kappa shape index (κ3) is 3.40. The van der Waals surface area contributed by atoms with Gasteiger partial charge in [0.1, 0.15) is 11.5 Å². The predicted molar refractivity (Wildman–Crippen MR) is 79.2 cm³/mol. The average molecular weight is 273 g/mol. The van der Waals surface area contributed by atoms with E-state index >= 15 is 0 Å². The summed E-state index contributed by atoms with van der Waals surface area (Å²) in [7, 11) is 0. The maximum absolute atomic E-state index is 11.9. The normalized spacial score (nSPS) is 18.0. The van der Waals surface area contributed by atoms with Crippen LogP contribution in [0.3, 0.4) is 0 Å². The quantitative estimate of drug-likeness (QED) is 0.866. The van der Waals surface area contributed by atoms with Gasteiger partial charge in [0.05, 0.1) is 13.2 Å². The van der Waals surface area contributed by atoms with Crippen LogP contribution in [0.4, 0.5) is 0 Å². The number of aryl methyl sites for hydroxylation is 1. The summed E-state index contributed by atoms with van der Waals surface area (Å²) in [6, 6.07) is 6.90.